The van der Waals surface area contributed by atoms with Crippen molar-refractivity contribution in [3.05, 3.63) is 53.2 Å². The second-order valence-corrected chi connectivity index (χ2v) is 8.92. The molecule has 0 spiro atoms. The molecule has 0 unspecified atom stereocenters. The Kier molecular flexibility index (Phi) is 6.74. The van der Waals surface area contributed by atoms with Crippen molar-refractivity contribution < 1.29 is 13.9 Å². The molecule has 2 aromatic heterocycles. The molecular formula is C21H22FN3O2S2. The van der Waals surface area contributed by atoms with Crippen LogP contribution in [0.2, 0.25) is 0 Å². The minimum atomic E-state index is -0.329. The molecule has 0 bridgehead atoms. The van der Waals surface area contributed by atoms with Crippen LogP contribution >= 0.6 is 23.1 Å². The van der Waals surface area contributed by atoms with Crippen molar-refractivity contribution in [2.75, 3.05) is 12.4 Å². The number of thiophene rings is 1. The maximum absolute atomic E-state index is 13.0. The van der Waals surface area contributed by atoms with Crippen molar-refractivity contribution in [1.29, 1.82) is 0 Å². The van der Waals surface area contributed by atoms with Crippen LogP contribution in [-0.2, 0) is 11.3 Å². The lowest BCUT2D eigenvalue weighted by molar-refractivity contribution is 0.0953. The Hall–Kier alpha value is -2.03. The average molecular weight is 432 g/mol. The van der Waals surface area contributed by atoms with Crippen molar-refractivity contribution in [3.63, 3.8) is 0 Å². The fourth-order valence-electron chi connectivity index (χ4n) is 3.32. The van der Waals surface area contributed by atoms with Crippen molar-refractivity contribution >= 4 is 28.9 Å². The van der Waals surface area contributed by atoms with E-state index in [4.69, 9.17) is 4.74 Å². The van der Waals surface area contributed by atoms with Gasteiger partial charge in [-0.2, -0.15) is 0 Å². The Labute approximate surface area is 177 Å². The third kappa shape index (κ3) is 5.12. The largest absolute Gasteiger partial charge is 0.376 e. The van der Waals surface area contributed by atoms with Crippen LogP contribution in [0.5, 0.6) is 0 Å². The van der Waals surface area contributed by atoms with Crippen LogP contribution < -0.4 is 0 Å². The number of aromatic nitrogens is 3. The van der Waals surface area contributed by atoms with Crippen LogP contribution in [0.25, 0.3) is 10.7 Å². The number of hydrogen-bond donors (Lipinski definition) is 0. The van der Waals surface area contributed by atoms with E-state index in [0.29, 0.717) is 12.0 Å². The summed E-state index contributed by atoms with van der Waals surface area (Å²) in [5.74, 6) is 1.34. The molecule has 1 saturated heterocycles. The van der Waals surface area contributed by atoms with Gasteiger partial charge in [-0.3, -0.25) is 9.36 Å². The number of benzene rings is 1. The van der Waals surface area contributed by atoms with E-state index in [9.17, 15) is 9.18 Å². The maximum Gasteiger partial charge on any atom is 0.191 e. The maximum atomic E-state index is 13.0. The van der Waals surface area contributed by atoms with Gasteiger partial charge in [0.2, 0.25) is 0 Å². The van der Waals surface area contributed by atoms with Gasteiger partial charge in [-0.1, -0.05) is 17.8 Å². The lowest BCUT2D eigenvalue weighted by Gasteiger charge is -2.14. The van der Waals surface area contributed by atoms with Crippen LogP contribution in [0, 0.1) is 5.82 Å². The number of thioether (sulfide) groups is 1. The van der Waals surface area contributed by atoms with E-state index in [-0.39, 0.29) is 17.7 Å². The SMILES string of the molecule is O=C(CCCSc1nnc(-c2cccs2)n1C[C@H]1CCCO1)c1ccc(F)cc1. The second-order valence-electron chi connectivity index (χ2n) is 6.91. The molecule has 29 heavy (non-hydrogen) atoms. The average Bonchev–Trinajstić information content (AvgIpc) is 3.49. The zero-order valence-electron chi connectivity index (χ0n) is 15.9. The fourth-order valence-corrected chi connectivity index (χ4v) is 4.92. The highest BCUT2D eigenvalue weighted by Crippen LogP contribution is 2.29. The third-order valence-electron chi connectivity index (χ3n) is 4.81. The predicted molar refractivity (Wildman–Crippen MR) is 113 cm³/mol. The normalized spacial score (nSPS) is 16.4. The molecule has 1 atom stereocenters. The first-order chi connectivity index (χ1) is 14.2. The van der Waals surface area contributed by atoms with E-state index in [2.05, 4.69) is 20.8 Å². The molecule has 3 heterocycles. The van der Waals surface area contributed by atoms with Crippen LogP contribution in [0.15, 0.2) is 46.9 Å². The van der Waals surface area contributed by atoms with E-state index >= 15 is 0 Å². The van der Waals surface area contributed by atoms with Crippen LogP contribution in [-0.4, -0.2) is 39.0 Å². The second kappa shape index (κ2) is 9.65. The number of ether oxygens (including phenoxy) is 1. The number of Topliss-reactive ketones (excluding diaryl/α,β-unsaturated/α-hetero) is 1. The molecule has 0 N–H and O–H groups in total. The topological polar surface area (TPSA) is 57.0 Å². The highest BCUT2D eigenvalue weighted by Gasteiger charge is 2.22. The molecule has 152 valence electrons. The van der Waals surface area contributed by atoms with Crippen LogP contribution in [0.4, 0.5) is 4.39 Å². The molecule has 0 aliphatic carbocycles. The van der Waals surface area contributed by atoms with E-state index in [0.717, 1.165) is 54.0 Å². The molecule has 0 saturated carbocycles. The molecule has 4 rings (SSSR count). The van der Waals surface area contributed by atoms with E-state index in [1.54, 1.807) is 23.1 Å². The monoisotopic (exact) mass is 431 g/mol. The molecular weight excluding hydrogens is 409 g/mol. The van der Waals surface area contributed by atoms with Gasteiger partial charge in [0, 0.05) is 24.3 Å². The van der Waals surface area contributed by atoms with E-state index < -0.39 is 0 Å². The Balaban J connectivity index is 1.37. The fraction of sp³-hybridized carbons (Fsp3) is 0.381. The third-order valence-corrected chi connectivity index (χ3v) is 6.73. The van der Waals surface area contributed by atoms with Gasteiger partial charge in [0.05, 0.1) is 17.5 Å². The summed E-state index contributed by atoms with van der Waals surface area (Å²) in [5.41, 5.74) is 0.554. The number of rotatable bonds is 9. The number of hydrogen-bond acceptors (Lipinski definition) is 6. The summed E-state index contributed by atoms with van der Waals surface area (Å²) in [6.45, 7) is 1.56. The lowest BCUT2D eigenvalue weighted by atomic mass is 10.1. The summed E-state index contributed by atoms with van der Waals surface area (Å²) < 4.78 is 21.0. The number of carbonyl (C=O) groups excluding carboxylic acids is 1. The summed E-state index contributed by atoms with van der Waals surface area (Å²) >= 11 is 3.26. The summed E-state index contributed by atoms with van der Waals surface area (Å²) in [5, 5.41) is 11.7. The van der Waals surface area contributed by atoms with Gasteiger partial charge in [0.1, 0.15) is 5.82 Å². The van der Waals surface area contributed by atoms with Gasteiger partial charge in [0.15, 0.2) is 16.8 Å². The Morgan fingerprint density at radius 3 is 2.86 bits per heavy atom. The molecule has 1 aromatic carbocycles. The summed E-state index contributed by atoms with van der Waals surface area (Å²) in [7, 11) is 0. The summed E-state index contributed by atoms with van der Waals surface area (Å²) in [4.78, 5) is 13.3. The van der Waals surface area contributed by atoms with E-state index in [1.165, 1.54) is 24.3 Å². The quantitative estimate of drug-likeness (QED) is 0.269. The van der Waals surface area contributed by atoms with Crippen molar-refractivity contribution in [1.82, 2.24) is 14.8 Å². The van der Waals surface area contributed by atoms with Crippen LogP contribution in [0.3, 0.4) is 0 Å². The minimum Gasteiger partial charge on any atom is -0.376 e. The Morgan fingerprint density at radius 2 is 2.14 bits per heavy atom. The first kappa shape index (κ1) is 20.3. The molecule has 0 radical (unpaired) electrons. The Morgan fingerprint density at radius 1 is 1.28 bits per heavy atom. The first-order valence-corrected chi connectivity index (χ1v) is 11.6. The van der Waals surface area contributed by atoms with Gasteiger partial charge in [0.25, 0.3) is 0 Å². The standard InChI is InChI=1S/C21H22FN3O2S2/c22-16-9-7-15(8-10-16)18(26)5-2-13-29-21-24-23-20(19-6-3-12-28-19)25(21)14-17-4-1-11-27-17/h3,6-10,12,17H,1-2,4-5,11,13-14H2/t17-/m1/s1. The van der Waals surface area contributed by atoms with Gasteiger partial charge >= 0.3 is 0 Å². The zero-order chi connectivity index (χ0) is 20.1. The van der Waals surface area contributed by atoms with Gasteiger partial charge in [-0.15, -0.1) is 21.5 Å². The molecule has 5 nitrogen and oxygen atoms in total. The lowest BCUT2D eigenvalue weighted by Crippen LogP contribution is -2.16. The highest BCUT2D eigenvalue weighted by molar-refractivity contribution is 7.99. The molecule has 1 fully saturated rings. The molecule has 3 aromatic rings. The van der Waals surface area contributed by atoms with E-state index in [1.807, 2.05) is 11.4 Å². The Bertz CT molecular complexity index is 936. The van der Waals surface area contributed by atoms with Crippen molar-refractivity contribution in [3.8, 4) is 10.7 Å². The number of carbonyl (C=O) groups is 1. The molecule has 8 heteroatoms. The number of halogens is 1. The van der Waals surface area contributed by atoms with Gasteiger partial charge < -0.3 is 4.74 Å². The van der Waals surface area contributed by atoms with Gasteiger partial charge in [-0.05, 0) is 55.0 Å². The summed E-state index contributed by atoms with van der Waals surface area (Å²) in [6.07, 6.45) is 3.50. The zero-order valence-corrected chi connectivity index (χ0v) is 17.6. The van der Waals surface area contributed by atoms with Crippen molar-refractivity contribution in [2.24, 2.45) is 0 Å². The first-order valence-electron chi connectivity index (χ1n) is 9.71. The number of nitrogens with zero attached hydrogens (tertiary/aromatic N) is 3. The molecule has 0 amide bonds. The molecule has 1 aliphatic heterocycles. The minimum absolute atomic E-state index is 0.0331. The van der Waals surface area contributed by atoms with Gasteiger partial charge in [-0.25, -0.2) is 4.39 Å². The van der Waals surface area contributed by atoms with Crippen LogP contribution in [0.1, 0.15) is 36.0 Å². The van der Waals surface area contributed by atoms with Crippen molar-refractivity contribution in [2.45, 2.75) is 43.5 Å². The number of ketones is 1. The predicted octanol–water partition coefficient (Wildman–Crippen LogP) is 5.08. The smallest absolute Gasteiger partial charge is 0.191 e. The molecule has 1 aliphatic rings. The highest BCUT2D eigenvalue weighted by atomic mass is 32.2. The summed E-state index contributed by atoms with van der Waals surface area (Å²) in [6, 6.07) is 9.78.